The van der Waals surface area contributed by atoms with Crippen molar-refractivity contribution in [2.24, 2.45) is 0 Å². The lowest BCUT2D eigenvalue weighted by Crippen LogP contribution is -2.17. The highest BCUT2D eigenvalue weighted by molar-refractivity contribution is 6.19. The standard InChI is InChI=1S/C15H16O5/c1-9(2)20-15(17)12(10(3)16)6-11-4-5-13-14(7-11)19-8-18-13/h4-7,9H,8H2,1-3H3/b12-6-. The summed E-state index contributed by atoms with van der Waals surface area (Å²) in [5, 5.41) is 0. The molecule has 0 fully saturated rings. The first-order valence-electron chi connectivity index (χ1n) is 6.30. The van der Waals surface area contributed by atoms with E-state index in [4.69, 9.17) is 14.2 Å². The SMILES string of the molecule is CC(=O)/C(=C/c1ccc2c(c1)OCO2)C(=O)OC(C)C. The summed E-state index contributed by atoms with van der Waals surface area (Å²) < 4.78 is 15.5. The Balaban J connectivity index is 2.29. The first-order valence-corrected chi connectivity index (χ1v) is 6.30. The molecule has 5 nitrogen and oxygen atoms in total. The van der Waals surface area contributed by atoms with Gasteiger partial charge in [0.1, 0.15) is 5.57 Å². The molecule has 1 aliphatic rings. The molecule has 0 spiro atoms. The third-order valence-electron chi connectivity index (χ3n) is 2.65. The summed E-state index contributed by atoms with van der Waals surface area (Å²) in [7, 11) is 0. The molecule has 0 saturated heterocycles. The van der Waals surface area contributed by atoms with E-state index in [-0.39, 0.29) is 24.3 Å². The molecule has 1 heterocycles. The molecule has 0 amide bonds. The van der Waals surface area contributed by atoms with Crippen LogP contribution < -0.4 is 9.47 Å². The van der Waals surface area contributed by atoms with Crippen LogP contribution in [0.2, 0.25) is 0 Å². The Labute approximate surface area is 117 Å². The van der Waals surface area contributed by atoms with E-state index in [1.54, 1.807) is 32.0 Å². The molecule has 0 bridgehead atoms. The number of hydrogen-bond acceptors (Lipinski definition) is 5. The largest absolute Gasteiger partial charge is 0.459 e. The molecular formula is C15H16O5. The minimum absolute atomic E-state index is 0.0116. The van der Waals surface area contributed by atoms with Gasteiger partial charge in [-0.1, -0.05) is 6.07 Å². The maximum Gasteiger partial charge on any atom is 0.342 e. The molecule has 0 aliphatic carbocycles. The highest BCUT2D eigenvalue weighted by Crippen LogP contribution is 2.33. The quantitative estimate of drug-likeness (QED) is 0.365. The third-order valence-corrected chi connectivity index (χ3v) is 2.65. The monoisotopic (exact) mass is 276 g/mol. The topological polar surface area (TPSA) is 61.8 Å². The predicted molar refractivity (Wildman–Crippen MR) is 72.5 cm³/mol. The maximum absolute atomic E-state index is 11.9. The van der Waals surface area contributed by atoms with Crippen LogP contribution in [0.3, 0.4) is 0 Å². The van der Waals surface area contributed by atoms with E-state index in [0.717, 1.165) is 0 Å². The molecule has 5 heteroatoms. The summed E-state index contributed by atoms with van der Waals surface area (Å²) in [4.78, 5) is 23.4. The number of hydrogen-bond donors (Lipinski definition) is 0. The van der Waals surface area contributed by atoms with Crippen LogP contribution in [-0.4, -0.2) is 24.6 Å². The second kappa shape index (κ2) is 5.77. The van der Waals surface area contributed by atoms with Gasteiger partial charge in [-0.3, -0.25) is 4.79 Å². The summed E-state index contributed by atoms with van der Waals surface area (Å²) in [6.45, 7) is 4.98. The van der Waals surface area contributed by atoms with Crippen molar-refractivity contribution in [2.75, 3.05) is 6.79 Å². The van der Waals surface area contributed by atoms with Crippen LogP contribution in [0.4, 0.5) is 0 Å². The van der Waals surface area contributed by atoms with E-state index in [2.05, 4.69) is 0 Å². The lowest BCUT2D eigenvalue weighted by Gasteiger charge is -2.09. The molecule has 0 atom stereocenters. The Hall–Kier alpha value is -2.30. The van der Waals surface area contributed by atoms with Gasteiger partial charge >= 0.3 is 5.97 Å². The van der Waals surface area contributed by atoms with Gasteiger partial charge in [0, 0.05) is 0 Å². The third kappa shape index (κ3) is 3.17. The lowest BCUT2D eigenvalue weighted by atomic mass is 10.1. The minimum atomic E-state index is -0.620. The molecule has 0 aromatic heterocycles. The first-order chi connectivity index (χ1) is 9.47. The van der Waals surface area contributed by atoms with E-state index >= 15 is 0 Å². The summed E-state index contributed by atoms with van der Waals surface area (Å²) in [6, 6.07) is 5.20. The van der Waals surface area contributed by atoms with E-state index in [0.29, 0.717) is 17.1 Å². The lowest BCUT2D eigenvalue weighted by molar-refractivity contribution is -0.143. The van der Waals surface area contributed by atoms with E-state index in [1.165, 1.54) is 13.0 Å². The van der Waals surface area contributed by atoms with Gasteiger partial charge in [0.2, 0.25) is 6.79 Å². The number of ether oxygens (including phenoxy) is 3. The van der Waals surface area contributed by atoms with Crippen molar-refractivity contribution in [3.05, 3.63) is 29.3 Å². The Morgan fingerprint density at radius 2 is 1.95 bits per heavy atom. The van der Waals surface area contributed by atoms with Gasteiger partial charge in [-0.25, -0.2) is 4.79 Å². The number of rotatable bonds is 4. The highest BCUT2D eigenvalue weighted by atomic mass is 16.7. The fraction of sp³-hybridized carbons (Fsp3) is 0.333. The number of Topliss-reactive ketones (excluding diaryl/α,β-unsaturated/α-hetero) is 1. The van der Waals surface area contributed by atoms with Crippen LogP contribution in [0.25, 0.3) is 6.08 Å². The molecule has 0 saturated carbocycles. The second-order valence-electron chi connectivity index (χ2n) is 4.68. The molecule has 0 unspecified atom stereocenters. The molecule has 106 valence electrons. The fourth-order valence-corrected chi connectivity index (χ4v) is 1.75. The van der Waals surface area contributed by atoms with E-state index in [1.807, 2.05) is 0 Å². The Morgan fingerprint density at radius 1 is 1.25 bits per heavy atom. The Kier molecular flexibility index (Phi) is 4.08. The number of esters is 1. The zero-order valence-corrected chi connectivity index (χ0v) is 11.6. The van der Waals surface area contributed by atoms with Gasteiger partial charge < -0.3 is 14.2 Å². The van der Waals surface area contributed by atoms with Crippen LogP contribution in [0.15, 0.2) is 23.8 Å². The average molecular weight is 276 g/mol. The van der Waals surface area contributed by atoms with Crippen molar-refractivity contribution in [1.29, 1.82) is 0 Å². The average Bonchev–Trinajstić information content (AvgIpc) is 2.81. The van der Waals surface area contributed by atoms with Gasteiger partial charge in [0.15, 0.2) is 17.3 Å². The number of fused-ring (bicyclic) bond motifs is 1. The Morgan fingerprint density at radius 3 is 2.60 bits per heavy atom. The molecule has 1 aromatic carbocycles. The minimum Gasteiger partial charge on any atom is -0.459 e. The van der Waals surface area contributed by atoms with Crippen LogP contribution in [0.1, 0.15) is 26.3 Å². The number of carbonyl (C=O) groups excluding carboxylic acids is 2. The van der Waals surface area contributed by atoms with Gasteiger partial charge in [0.05, 0.1) is 6.10 Å². The summed E-state index contributed by atoms with van der Waals surface area (Å²) >= 11 is 0. The molecule has 1 aliphatic heterocycles. The predicted octanol–water partition coefficient (Wildman–Crippen LogP) is 2.34. The number of benzene rings is 1. The zero-order valence-electron chi connectivity index (χ0n) is 11.6. The summed E-state index contributed by atoms with van der Waals surface area (Å²) in [6.07, 6.45) is 1.22. The number of carbonyl (C=O) groups is 2. The number of ketones is 1. The zero-order chi connectivity index (χ0) is 14.7. The van der Waals surface area contributed by atoms with Gasteiger partial charge in [-0.2, -0.15) is 0 Å². The first kappa shape index (κ1) is 14.1. The summed E-state index contributed by atoms with van der Waals surface area (Å²) in [5.74, 6) is 0.286. The van der Waals surface area contributed by atoms with Crippen molar-refractivity contribution in [2.45, 2.75) is 26.9 Å². The van der Waals surface area contributed by atoms with Crippen LogP contribution >= 0.6 is 0 Å². The molecule has 20 heavy (non-hydrogen) atoms. The maximum atomic E-state index is 11.9. The van der Waals surface area contributed by atoms with Gasteiger partial charge in [-0.15, -0.1) is 0 Å². The van der Waals surface area contributed by atoms with Crippen LogP contribution in [0, 0.1) is 0 Å². The van der Waals surface area contributed by atoms with Crippen LogP contribution in [0.5, 0.6) is 11.5 Å². The van der Waals surface area contributed by atoms with E-state index < -0.39 is 5.97 Å². The van der Waals surface area contributed by atoms with Crippen molar-refractivity contribution in [3.63, 3.8) is 0 Å². The smallest absolute Gasteiger partial charge is 0.342 e. The molecule has 2 rings (SSSR count). The molecule has 0 N–H and O–H groups in total. The van der Waals surface area contributed by atoms with Gasteiger partial charge in [0.25, 0.3) is 0 Å². The summed E-state index contributed by atoms with van der Waals surface area (Å²) in [5.41, 5.74) is 0.692. The van der Waals surface area contributed by atoms with Gasteiger partial charge in [-0.05, 0) is 44.5 Å². The molecular weight excluding hydrogens is 260 g/mol. The Bertz CT molecular complexity index is 572. The van der Waals surface area contributed by atoms with Crippen molar-refractivity contribution in [3.8, 4) is 11.5 Å². The van der Waals surface area contributed by atoms with Crippen molar-refractivity contribution < 1.29 is 23.8 Å². The van der Waals surface area contributed by atoms with Crippen molar-refractivity contribution in [1.82, 2.24) is 0 Å². The fourth-order valence-electron chi connectivity index (χ4n) is 1.75. The molecule has 1 aromatic rings. The second-order valence-corrected chi connectivity index (χ2v) is 4.68. The van der Waals surface area contributed by atoms with Crippen LogP contribution in [-0.2, 0) is 14.3 Å². The van der Waals surface area contributed by atoms with Crippen molar-refractivity contribution >= 4 is 17.8 Å². The molecule has 0 radical (unpaired) electrons. The van der Waals surface area contributed by atoms with E-state index in [9.17, 15) is 9.59 Å². The highest BCUT2D eigenvalue weighted by Gasteiger charge is 2.18. The normalized spacial score (nSPS) is 13.5.